The minimum Gasteiger partial charge on any atom is -0.868 e. The van der Waals surface area contributed by atoms with Crippen LogP contribution in [0.15, 0.2) is 288 Å². The Morgan fingerprint density at radius 1 is 0.300 bits per heavy atom. The fraction of sp³-hybridized carbons (Fsp3) is 0. The molecule has 1 N–H and O–H groups in total. The van der Waals surface area contributed by atoms with Gasteiger partial charge in [-0.1, -0.05) is 206 Å². The van der Waals surface area contributed by atoms with E-state index in [4.69, 9.17) is 8.83 Å². The average Bonchev–Trinajstić information content (AvgIpc) is 4.23. The molecule has 0 amide bonds. The fourth-order valence-corrected chi connectivity index (χ4v) is 11.9. The number of hydrogen-bond donors (Lipinski definition) is 0. The number of benzene rings is 13. The predicted octanol–water partition coefficient (Wildman–Crippen LogP) is 16.4. The van der Waals surface area contributed by atoms with Crippen LogP contribution in [0.3, 0.4) is 0 Å². The Hall–Kier alpha value is -10.1. The molecule has 80 heavy (non-hydrogen) atoms. The summed E-state index contributed by atoms with van der Waals surface area (Å²) in [5.74, 6) is 0.0445. The Morgan fingerprint density at radius 3 is 1.23 bits per heavy atom. The molecule has 0 unspecified atom stereocenters. The van der Waals surface area contributed by atoms with Crippen molar-refractivity contribution >= 4 is 121 Å². The van der Waals surface area contributed by atoms with Crippen LogP contribution in [0.25, 0.3) is 109 Å². The summed E-state index contributed by atoms with van der Waals surface area (Å²) in [5.41, 5.74) is 14.8. The largest absolute Gasteiger partial charge is 1.00 e. The van der Waals surface area contributed by atoms with Crippen molar-refractivity contribution < 1.29 is 37.8 Å². The van der Waals surface area contributed by atoms with Crippen molar-refractivity contribution in [2.75, 3.05) is 9.80 Å². The van der Waals surface area contributed by atoms with Crippen LogP contribution in [-0.2, 0) is 0 Å². The minimum atomic E-state index is 0. The first-order valence-corrected chi connectivity index (χ1v) is 26.6. The SMILES string of the molecule is [Li+].[O-]c1cccc2ccc[nH+]c12.c1ccc(-c2ccccc2N(c2ccc3ccc4c(N(c5ccccc5-c5ccccc5)c5cccc6c5oc5ccccc56)ccc5ccc2c3c54)c2cccc3c2oc2ccccc23)cc1. The molecule has 0 spiro atoms. The molecule has 3 heterocycles. The molecule has 0 atom stereocenters. The standard InChI is InChI=1S/C64H40N2O2.C9H7NO.Li/c1-3-17-41(18-4-1)45-21-7-11-27-53(45)65(57-29-15-25-49-47-23-9-13-31-59(47)67-63(49)57)55-39-35-43-34-38-52-56(40-36-44-33-37-51(55)61(43)62(44)52)66(54-28-12-8-22-46(54)42-19-5-2-6-20-42)58-30-16-26-50-48-24-10-14-32-60(48)68-64(50)58;11-8-5-1-3-7-4-2-6-10-9(7)8;/h1-40H;1-6,11H;/q;;+1. The molecule has 0 saturated carbocycles. The van der Waals surface area contributed by atoms with E-state index >= 15 is 0 Å². The maximum atomic E-state index is 11.1. The topological polar surface area (TPSA) is 70.0 Å². The third-order valence-electron chi connectivity index (χ3n) is 15.5. The zero-order chi connectivity index (χ0) is 52.4. The van der Waals surface area contributed by atoms with E-state index in [0.717, 1.165) is 116 Å². The van der Waals surface area contributed by atoms with E-state index in [1.54, 1.807) is 18.3 Å². The van der Waals surface area contributed by atoms with Crippen LogP contribution in [0.5, 0.6) is 5.75 Å². The second kappa shape index (κ2) is 20.0. The zero-order valence-corrected chi connectivity index (χ0v) is 43.7. The fourth-order valence-electron chi connectivity index (χ4n) is 11.9. The van der Waals surface area contributed by atoms with Gasteiger partial charge < -0.3 is 23.7 Å². The smallest absolute Gasteiger partial charge is 0.868 e. The van der Waals surface area contributed by atoms with Gasteiger partial charge in [0.25, 0.3) is 0 Å². The van der Waals surface area contributed by atoms with Gasteiger partial charge in [0.1, 0.15) is 11.2 Å². The van der Waals surface area contributed by atoms with Crippen LogP contribution >= 0.6 is 0 Å². The van der Waals surface area contributed by atoms with E-state index in [1.807, 2.05) is 30.3 Å². The first-order chi connectivity index (χ1) is 39.1. The van der Waals surface area contributed by atoms with Gasteiger partial charge in [-0.15, -0.1) is 0 Å². The maximum Gasteiger partial charge on any atom is 1.00 e. The Bertz CT molecular complexity index is 4680. The van der Waals surface area contributed by atoms with Crippen LogP contribution in [0, 0.1) is 0 Å². The summed E-state index contributed by atoms with van der Waals surface area (Å²) >= 11 is 0. The molecule has 6 nitrogen and oxygen atoms in total. The molecule has 0 aliphatic heterocycles. The molecule has 0 bridgehead atoms. The number of rotatable bonds is 8. The average molecular weight is 1020 g/mol. The molecular weight excluding hydrogens is 974 g/mol. The Labute approximate surface area is 473 Å². The van der Waals surface area contributed by atoms with Crippen LogP contribution in [-0.4, -0.2) is 0 Å². The van der Waals surface area contributed by atoms with Gasteiger partial charge >= 0.3 is 18.9 Å². The molecule has 3 aromatic heterocycles. The minimum absolute atomic E-state index is 0. The van der Waals surface area contributed by atoms with E-state index < -0.39 is 0 Å². The summed E-state index contributed by atoms with van der Waals surface area (Å²) in [7, 11) is 0. The van der Waals surface area contributed by atoms with Crippen molar-refractivity contribution in [2.45, 2.75) is 0 Å². The maximum absolute atomic E-state index is 11.1. The normalized spacial score (nSPS) is 11.4. The first kappa shape index (κ1) is 48.3. The van der Waals surface area contributed by atoms with Gasteiger partial charge in [0, 0.05) is 54.9 Å². The number of furan rings is 2. The summed E-state index contributed by atoms with van der Waals surface area (Å²) in [5, 5.41) is 23.5. The molecule has 0 aliphatic carbocycles. The van der Waals surface area contributed by atoms with E-state index in [1.165, 1.54) is 21.5 Å². The second-order valence-corrected chi connectivity index (χ2v) is 19.9. The number of nitrogens with one attached hydrogen (secondary N) is 1. The molecule has 0 aliphatic rings. The number of para-hydroxylation sites is 7. The molecule has 7 heteroatoms. The predicted molar refractivity (Wildman–Crippen MR) is 325 cm³/mol. The molecule has 0 fully saturated rings. The summed E-state index contributed by atoms with van der Waals surface area (Å²) in [6, 6.07) is 95.9. The van der Waals surface area contributed by atoms with Crippen LogP contribution in [0.4, 0.5) is 34.1 Å². The quantitative estimate of drug-likeness (QED) is 0.112. The summed E-state index contributed by atoms with van der Waals surface area (Å²) in [6.45, 7) is 0. The van der Waals surface area contributed by atoms with Gasteiger partial charge in [0.15, 0.2) is 17.4 Å². The summed E-state index contributed by atoms with van der Waals surface area (Å²) in [6.07, 6.45) is 1.75. The number of aromatic nitrogens is 1. The number of nitrogens with zero attached hydrogens (tertiary/aromatic N) is 2. The monoisotopic (exact) mass is 1020 g/mol. The van der Waals surface area contributed by atoms with Crippen molar-refractivity contribution in [3.05, 3.63) is 279 Å². The number of fused-ring (bicyclic) bond motifs is 7. The molecule has 0 saturated heterocycles. The number of pyridine rings is 1. The van der Waals surface area contributed by atoms with Gasteiger partial charge in [-0.3, -0.25) is 0 Å². The van der Waals surface area contributed by atoms with Crippen molar-refractivity contribution in [1.29, 1.82) is 0 Å². The number of hydrogen-bond acceptors (Lipinski definition) is 5. The van der Waals surface area contributed by atoms with Crippen LogP contribution < -0.4 is 38.8 Å². The second-order valence-electron chi connectivity index (χ2n) is 19.9. The van der Waals surface area contributed by atoms with Crippen molar-refractivity contribution in [1.82, 2.24) is 0 Å². The van der Waals surface area contributed by atoms with Gasteiger partial charge in [0.05, 0.1) is 34.1 Å². The van der Waals surface area contributed by atoms with Crippen LogP contribution in [0.2, 0.25) is 0 Å². The Kier molecular flexibility index (Phi) is 12.1. The van der Waals surface area contributed by atoms with E-state index in [2.05, 4.69) is 245 Å². The summed E-state index contributed by atoms with van der Waals surface area (Å²) < 4.78 is 13.7. The van der Waals surface area contributed by atoms with Crippen molar-refractivity contribution in [2.24, 2.45) is 0 Å². The third-order valence-corrected chi connectivity index (χ3v) is 15.5. The first-order valence-electron chi connectivity index (χ1n) is 26.6. The number of aromatic amines is 1. The molecular formula is C73H47LiN3O3+. The summed E-state index contributed by atoms with van der Waals surface area (Å²) in [4.78, 5) is 7.75. The van der Waals surface area contributed by atoms with Gasteiger partial charge in [-0.05, 0) is 99.1 Å². The van der Waals surface area contributed by atoms with E-state index in [0.29, 0.717) is 5.52 Å². The third kappa shape index (κ3) is 8.00. The Morgan fingerprint density at radius 2 is 0.713 bits per heavy atom. The van der Waals surface area contributed by atoms with Gasteiger partial charge in [-0.2, -0.15) is 0 Å². The van der Waals surface area contributed by atoms with E-state index in [9.17, 15) is 5.11 Å². The van der Waals surface area contributed by atoms with Crippen molar-refractivity contribution in [3.8, 4) is 28.0 Å². The molecule has 16 rings (SSSR count). The number of H-pyrrole nitrogens is 1. The molecule has 372 valence electrons. The van der Waals surface area contributed by atoms with E-state index in [-0.39, 0.29) is 24.6 Å². The molecule has 16 aromatic rings. The molecule has 13 aromatic carbocycles. The van der Waals surface area contributed by atoms with Gasteiger partial charge in [0.2, 0.25) is 5.52 Å². The van der Waals surface area contributed by atoms with Gasteiger partial charge in [-0.25, -0.2) is 4.98 Å². The Balaban J connectivity index is 0.000000429. The zero-order valence-electron chi connectivity index (χ0n) is 43.7. The van der Waals surface area contributed by atoms with Crippen molar-refractivity contribution in [3.63, 3.8) is 0 Å². The number of anilines is 6. The van der Waals surface area contributed by atoms with Crippen LogP contribution in [0.1, 0.15) is 0 Å². The molecule has 0 radical (unpaired) electrons.